The molecule has 6 nitrogen and oxygen atoms in total. The van der Waals surface area contributed by atoms with E-state index in [1.165, 1.54) is 16.7 Å². The second-order valence-corrected chi connectivity index (χ2v) is 7.00. The molecule has 0 amide bonds. The first-order valence-electron chi connectivity index (χ1n) is 6.70. The number of rotatable bonds is 3. The van der Waals surface area contributed by atoms with Crippen LogP contribution in [-0.2, 0) is 16.6 Å². The number of para-hydroxylation sites is 1. The number of hydrogen-bond donors (Lipinski definition) is 2. The summed E-state index contributed by atoms with van der Waals surface area (Å²) >= 11 is 5.24. The van der Waals surface area contributed by atoms with E-state index >= 15 is 0 Å². The zero-order valence-electron chi connectivity index (χ0n) is 11.9. The van der Waals surface area contributed by atoms with Crippen LogP contribution in [0.2, 0.25) is 0 Å². The van der Waals surface area contributed by atoms with E-state index in [1.807, 2.05) is 6.07 Å². The van der Waals surface area contributed by atoms with Crippen LogP contribution in [-0.4, -0.2) is 18.0 Å². The molecule has 3 aromatic rings. The number of fused-ring (bicyclic) bond motifs is 1. The molecule has 0 saturated carbocycles. The van der Waals surface area contributed by atoms with Crippen molar-refractivity contribution in [3.05, 3.63) is 69.2 Å². The summed E-state index contributed by atoms with van der Waals surface area (Å²) in [7, 11) is -3.73. The van der Waals surface area contributed by atoms with Gasteiger partial charge < -0.3 is 4.98 Å². The normalized spacial score (nSPS) is 11.7. The lowest BCUT2D eigenvalue weighted by molar-refractivity contribution is 0.597. The smallest absolute Gasteiger partial charge is 0.262 e. The van der Waals surface area contributed by atoms with Crippen LogP contribution in [0.3, 0.4) is 0 Å². The second-order valence-electron chi connectivity index (χ2n) is 5.06. The third-order valence-electron chi connectivity index (χ3n) is 3.48. The van der Waals surface area contributed by atoms with Gasteiger partial charge in [-0.25, -0.2) is 13.6 Å². The molecule has 3 rings (SSSR count). The van der Waals surface area contributed by atoms with Crippen LogP contribution < -0.4 is 10.7 Å². The van der Waals surface area contributed by atoms with Crippen LogP contribution in [0, 0.1) is 4.77 Å². The first kappa shape index (κ1) is 15.6. The molecule has 0 aliphatic rings. The van der Waals surface area contributed by atoms with Gasteiger partial charge in [0, 0.05) is 0 Å². The summed E-state index contributed by atoms with van der Waals surface area (Å²) in [5, 5.41) is 5.61. The highest BCUT2D eigenvalue weighted by molar-refractivity contribution is 7.89. The Hall–Kier alpha value is -2.29. The van der Waals surface area contributed by atoms with E-state index in [1.54, 1.807) is 30.3 Å². The monoisotopic (exact) mass is 347 g/mol. The number of sulfonamides is 1. The Morgan fingerprint density at radius 1 is 1.09 bits per heavy atom. The number of nitrogens with zero attached hydrogens (tertiary/aromatic N) is 1. The van der Waals surface area contributed by atoms with Crippen LogP contribution in [0.5, 0.6) is 0 Å². The van der Waals surface area contributed by atoms with Crippen molar-refractivity contribution in [1.29, 1.82) is 0 Å². The topological polar surface area (TPSA) is 97.9 Å². The van der Waals surface area contributed by atoms with Gasteiger partial charge in [-0.3, -0.25) is 9.36 Å². The quantitative estimate of drug-likeness (QED) is 0.705. The summed E-state index contributed by atoms with van der Waals surface area (Å²) in [4.78, 5) is 15.6. The largest absolute Gasteiger partial charge is 0.332 e. The minimum Gasteiger partial charge on any atom is -0.332 e. The maximum absolute atomic E-state index is 12.5. The Labute approximate surface area is 137 Å². The predicted octanol–water partition coefficient (Wildman–Crippen LogP) is 1.75. The zero-order chi connectivity index (χ0) is 16.6. The lowest BCUT2D eigenvalue weighted by Gasteiger charge is -2.08. The van der Waals surface area contributed by atoms with Crippen LogP contribution >= 0.6 is 12.2 Å². The van der Waals surface area contributed by atoms with Crippen LogP contribution in [0.25, 0.3) is 10.9 Å². The fourth-order valence-corrected chi connectivity index (χ4v) is 3.08. The zero-order valence-corrected chi connectivity index (χ0v) is 13.5. The van der Waals surface area contributed by atoms with E-state index in [0.29, 0.717) is 15.7 Å². The molecule has 8 heteroatoms. The summed E-state index contributed by atoms with van der Waals surface area (Å²) < 4.78 is 24.3. The molecule has 0 saturated heterocycles. The minimum atomic E-state index is -3.73. The summed E-state index contributed by atoms with van der Waals surface area (Å²) in [5.41, 5.74) is 1.23. The van der Waals surface area contributed by atoms with Gasteiger partial charge in [-0.2, -0.15) is 0 Å². The fraction of sp³-hybridized carbons (Fsp3) is 0.0667. The van der Waals surface area contributed by atoms with Gasteiger partial charge in [-0.15, -0.1) is 0 Å². The molecule has 0 spiro atoms. The molecule has 23 heavy (non-hydrogen) atoms. The highest BCUT2D eigenvalue weighted by atomic mass is 32.2. The predicted molar refractivity (Wildman–Crippen MR) is 90.3 cm³/mol. The van der Waals surface area contributed by atoms with Crippen molar-refractivity contribution in [3.8, 4) is 0 Å². The van der Waals surface area contributed by atoms with Crippen LogP contribution in [0.15, 0.2) is 58.2 Å². The highest BCUT2D eigenvalue weighted by Gasteiger charge is 2.09. The van der Waals surface area contributed by atoms with Gasteiger partial charge in [0.05, 0.1) is 22.3 Å². The number of aromatic nitrogens is 2. The van der Waals surface area contributed by atoms with Gasteiger partial charge in [-0.05, 0) is 42.0 Å². The summed E-state index contributed by atoms with van der Waals surface area (Å²) in [6.07, 6.45) is 0. The lowest BCUT2D eigenvalue weighted by Crippen LogP contribution is -2.22. The van der Waals surface area contributed by atoms with Crippen molar-refractivity contribution in [1.82, 2.24) is 9.55 Å². The molecule has 3 N–H and O–H groups in total. The number of H-pyrrole nitrogens is 1. The molecule has 0 radical (unpaired) electrons. The third-order valence-corrected chi connectivity index (χ3v) is 4.73. The van der Waals surface area contributed by atoms with E-state index in [0.717, 1.165) is 5.56 Å². The number of benzene rings is 2. The Balaban J connectivity index is 2.05. The molecule has 0 aliphatic heterocycles. The minimum absolute atomic E-state index is 0.0252. The van der Waals surface area contributed by atoms with Gasteiger partial charge in [0.25, 0.3) is 5.56 Å². The standard InChI is InChI=1S/C15H13N3O3S2/c16-23(20,21)11-7-5-10(6-8-11)9-18-14(19)12-3-1-2-4-13(12)17-15(18)22/h1-8H,9H2,(H,17,22)(H2,16,20,21). The Morgan fingerprint density at radius 3 is 2.39 bits per heavy atom. The maximum atomic E-state index is 12.5. The van der Waals surface area contributed by atoms with E-state index in [2.05, 4.69) is 4.98 Å². The summed E-state index contributed by atoms with van der Waals surface area (Å²) in [5.74, 6) is 0. The molecule has 1 aromatic heterocycles. The van der Waals surface area contributed by atoms with Crippen molar-refractivity contribution in [2.75, 3.05) is 0 Å². The van der Waals surface area contributed by atoms with Crippen molar-refractivity contribution >= 4 is 33.1 Å². The van der Waals surface area contributed by atoms with Gasteiger partial charge in [0.15, 0.2) is 4.77 Å². The van der Waals surface area contributed by atoms with Gasteiger partial charge >= 0.3 is 0 Å². The van der Waals surface area contributed by atoms with Gasteiger partial charge in [0.1, 0.15) is 0 Å². The summed E-state index contributed by atoms with van der Waals surface area (Å²) in [6, 6.07) is 13.1. The number of primary sulfonamides is 1. The van der Waals surface area contributed by atoms with E-state index in [9.17, 15) is 13.2 Å². The van der Waals surface area contributed by atoms with Crippen LogP contribution in [0.1, 0.15) is 5.56 Å². The summed E-state index contributed by atoms with van der Waals surface area (Å²) in [6.45, 7) is 0.240. The molecule has 0 unspecified atom stereocenters. The molecule has 2 aromatic carbocycles. The Morgan fingerprint density at radius 2 is 1.74 bits per heavy atom. The van der Waals surface area contributed by atoms with Crippen molar-refractivity contribution in [3.63, 3.8) is 0 Å². The molecular formula is C15H13N3O3S2. The Bertz CT molecular complexity index is 1100. The van der Waals surface area contributed by atoms with Gasteiger partial charge in [-0.1, -0.05) is 24.3 Å². The molecule has 118 valence electrons. The third kappa shape index (κ3) is 3.09. The molecule has 0 bridgehead atoms. The fourth-order valence-electron chi connectivity index (χ4n) is 2.31. The van der Waals surface area contributed by atoms with Gasteiger partial charge in [0.2, 0.25) is 10.0 Å². The van der Waals surface area contributed by atoms with Crippen molar-refractivity contribution in [2.24, 2.45) is 5.14 Å². The molecule has 1 heterocycles. The number of nitrogens with one attached hydrogen (secondary N) is 1. The van der Waals surface area contributed by atoms with Crippen molar-refractivity contribution in [2.45, 2.75) is 11.4 Å². The number of aromatic amines is 1. The molecule has 0 aliphatic carbocycles. The first-order chi connectivity index (χ1) is 10.9. The van der Waals surface area contributed by atoms with Crippen molar-refractivity contribution < 1.29 is 8.42 Å². The first-order valence-corrected chi connectivity index (χ1v) is 8.65. The maximum Gasteiger partial charge on any atom is 0.262 e. The lowest BCUT2D eigenvalue weighted by atomic mass is 10.2. The SMILES string of the molecule is NS(=O)(=O)c1ccc(Cn2c(=S)[nH]c3ccccc3c2=O)cc1. The van der Waals surface area contributed by atoms with E-state index in [4.69, 9.17) is 17.4 Å². The Kier molecular flexibility index (Phi) is 3.88. The molecule has 0 fully saturated rings. The molecule has 0 atom stereocenters. The number of nitrogens with two attached hydrogens (primary N) is 1. The number of hydrogen-bond acceptors (Lipinski definition) is 4. The van der Waals surface area contributed by atoms with E-state index in [-0.39, 0.29) is 17.0 Å². The highest BCUT2D eigenvalue weighted by Crippen LogP contribution is 2.11. The average Bonchev–Trinajstić information content (AvgIpc) is 2.51. The second kappa shape index (κ2) is 5.73. The average molecular weight is 347 g/mol. The van der Waals surface area contributed by atoms with E-state index < -0.39 is 10.0 Å². The molecular weight excluding hydrogens is 334 g/mol. The van der Waals surface area contributed by atoms with Crippen LogP contribution in [0.4, 0.5) is 0 Å².